The lowest BCUT2D eigenvalue weighted by Gasteiger charge is -2.20. The first-order valence-corrected chi connectivity index (χ1v) is 8.97. The molecule has 1 heterocycles. The Labute approximate surface area is 167 Å². The fourth-order valence-electron chi connectivity index (χ4n) is 2.94. The molecule has 1 aliphatic heterocycles. The molecule has 1 aliphatic rings. The first-order valence-electron chi connectivity index (χ1n) is 8.21. The van der Waals surface area contributed by atoms with Gasteiger partial charge >= 0.3 is 0 Å². The maximum absolute atomic E-state index is 12.6. The smallest absolute Gasteiger partial charge is 0.229 e. The Morgan fingerprint density at radius 3 is 2.56 bits per heavy atom. The number of hydrogen-bond acceptors (Lipinski definition) is 4. The van der Waals surface area contributed by atoms with Gasteiger partial charge in [-0.25, -0.2) is 0 Å². The van der Waals surface area contributed by atoms with Crippen LogP contribution in [0.25, 0.3) is 0 Å². The molecule has 8 heteroatoms. The number of hydrogen-bond donors (Lipinski definition) is 1. The van der Waals surface area contributed by atoms with E-state index in [0.717, 1.165) is 0 Å². The second kappa shape index (κ2) is 8.06. The van der Waals surface area contributed by atoms with E-state index in [-0.39, 0.29) is 24.8 Å². The Kier molecular flexibility index (Phi) is 5.77. The molecule has 2 aromatic carbocycles. The molecule has 0 radical (unpaired) electrons. The molecule has 1 fully saturated rings. The van der Waals surface area contributed by atoms with Crippen molar-refractivity contribution in [2.45, 2.75) is 6.42 Å². The van der Waals surface area contributed by atoms with Gasteiger partial charge in [-0.15, -0.1) is 0 Å². The van der Waals surface area contributed by atoms with Crippen molar-refractivity contribution >= 4 is 46.4 Å². The van der Waals surface area contributed by atoms with Crippen LogP contribution >= 0.6 is 23.2 Å². The number of amides is 2. The normalized spacial score (nSPS) is 16.4. The molecule has 0 spiro atoms. The zero-order valence-electron chi connectivity index (χ0n) is 14.8. The zero-order valence-corrected chi connectivity index (χ0v) is 16.3. The van der Waals surface area contributed by atoms with E-state index in [4.69, 9.17) is 32.7 Å². The molecule has 142 valence electrons. The number of nitrogens with one attached hydrogen (secondary N) is 1. The predicted molar refractivity (Wildman–Crippen MR) is 105 cm³/mol. The summed E-state index contributed by atoms with van der Waals surface area (Å²) >= 11 is 11.9. The van der Waals surface area contributed by atoms with E-state index in [1.807, 2.05) is 0 Å². The third kappa shape index (κ3) is 4.12. The second-order valence-corrected chi connectivity index (χ2v) is 6.88. The molecule has 0 aliphatic carbocycles. The van der Waals surface area contributed by atoms with Crippen molar-refractivity contribution in [1.82, 2.24) is 0 Å². The monoisotopic (exact) mass is 408 g/mol. The fraction of sp³-hybridized carbons (Fsp3) is 0.263. The number of methoxy groups -OCH3 is 2. The summed E-state index contributed by atoms with van der Waals surface area (Å²) in [6, 6.07) is 10.0. The third-order valence-electron chi connectivity index (χ3n) is 4.36. The van der Waals surface area contributed by atoms with Crippen LogP contribution in [0.2, 0.25) is 10.0 Å². The van der Waals surface area contributed by atoms with Gasteiger partial charge < -0.3 is 19.7 Å². The molecule has 0 saturated carbocycles. The van der Waals surface area contributed by atoms with Gasteiger partial charge in [-0.1, -0.05) is 23.2 Å². The van der Waals surface area contributed by atoms with Gasteiger partial charge in [0.05, 0.1) is 35.9 Å². The fourth-order valence-corrected chi connectivity index (χ4v) is 3.24. The minimum absolute atomic E-state index is 0.105. The lowest BCUT2D eigenvalue weighted by molar-refractivity contribution is -0.122. The molecule has 3 rings (SSSR count). The SMILES string of the molecule is COc1ccc(OC)c(N2C[C@H](C(=O)Nc3ccc(Cl)c(Cl)c3)CC2=O)c1. The van der Waals surface area contributed by atoms with Gasteiger partial charge in [0.1, 0.15) is 11.5 Å². The van der Waals surface area contributed by atoms with E-state index in [0.29, 0.717) is 32.9 Å². The standard InChI is InChI=1S/C19H18Cl2N2O4/c1-26-13-4-6-17(27-2)16(9-13)23-10-11(7-18(23)24)19(25)22-12-3-5-14(20)15(21)8-12/h3-6,8-9,11H,7,10H2,1-2H3,(H,22,25)/t11-/m1/s1. The van der Waals surface area contributed by atoms with E-state index in [2.05, 4.69) is 5.32 Å². The molecule has 2 aromatic rings. The highest BCUT2D eigenvalue weighted by Crippen LogP contribution is 2.36. The molecule has 1 N–H and O–H groups in total. The van der Waals surface area contributed by atoms with Crippen molar-refractivity contribution in [3.8, 4) is 11.5 Å². The summed E-state index contributed by atoms with van der Waals surface area (Å²) < 4.78 is 10.6. The van der Waals surface area contributed by atoms with Crippen LogP contribution in [-0.4, -0.2) is 32.6 Å². The summed E-state index contributed by atoms with van der Waals surface area (Å²) in [7, 11) is 3.07. The molecule has 1 atom stereocenters. The molecule has 6 nitrogen and oxygen atoms in total. The average molecular weight is 409 g/mol. The second-order valence-electron chi connectivity index (χ2n) is 6.06. The summed E-state index contributed by atoms with van der Waals surface area (Å²) in [6.45, 7) is 0.246. The van der Waals surface area contributed by atoms with Gasteiger partial charge in [0, 0.05) is 24.7 Å². The lowest BCUT2D eigenvalue weighted by Crippen LogP contribution is -2.28. The van der Waals surface area contributed by atoms with E-state index >= 15 is 0 Å². The number of ether oxygens (including phenoxy) is 2. The van der Waals surface area contributed by atoms with Crippen molar-refractivity contribution in [2.24, 2.45) is 5.92 Å². The molecule has 0 bridgehead atoms. The highest BCUT2D eigenvalue weighted by Gasteiger charge is 2.36. The summed E-state index contributed by atoms with van der Waals surface area (Å²) in [5.41, 5.74) is 1.10. The van der Waals surface area contributed by atoms with Gasteiger partial charge in [0.15, 0.2) is 0 Å². The largest absolute Gasteiger partial charge is 0.497 e. The number of carbonyl (C=O) groups is 2. The Hall–Kier alpha value is -2.44. The van der Waals surface area contributed by atoms with Gasteiger partial charge in [0.2, 0.25) is 11.8 Å². The number of nitrogens with zero attached hydrogens (tertiary/aromatic N) is 1. The van der Waals surface area contributed by atoms with E-state index in [1.54, 1.807) is 48.4 Å². The quantitative estimate of drug-likeness (QED) is 0.811. The van der Waals surface area contributed by atoms with Gasteiger partial charge in [0.25, 0.3) is 0 Å². The summed E-state index contributed by atoms with van der Waals surface area (Å²) in [5.74, 6) is 0.224. The molecule has 0 aromatic heterocycles. The van der Waals surface area contributed by atoms with Gasteiger partial charge in [-0.2, -0.15) is 0 Å². The number of benzene rings is 2. The number of rotatable bonds is 5. The maximum atomic E-state index is 12.6. The molecule has 27 heavy (non-hydrogen) atoms. The highest BCUT2D eigenvalue weighted by molar-refractivity contribution is 6.42. The minimum Gasteiger partial charge on any atom is -0.497 e. The molecule has 0 unspecified atom stereocenters. The topological polar surface area (TPSA) is 67.9 Å². The third-order valence-corrected chi connectivity index (χ3v) is 5.10. The average Bonchev–Trinajstić information content (AvgIpc) is 3.06. The minimum atomic E-state index is -0.497. The first kappa shape index (κ1) is 19.3. The van der Waals surface area contributed by atoms with Crippen LogP contribution in [0.1, 0.15) is 6.42 Å². The lowest BCUT2D eigenvalue weighted by atomic mass is 10.1. The Bertz CT molecular complexity index is 888. The van der Waals surface area contributed by atoms with Crippen LogP contribution < -0.4 is 19.7 Å². The van der Waals surface area contributed by atoms with Gasteiger partial charge in [-0.3, -0.25) is 9.59 Å². The zero-order chi connectivity index (χ0) is 19.6. The van der Waals surface area contributed by atoms with Crippen LogP contribution in [0.5, 0.6) is 11.5 Å². The Morgan fingerprint density at radius 2 is 1.89 bits per heavy atom. The van der Waals surface area contributed by atoms with Crippen molar-refractivity contribution in [3.63, 3.8) is 0 Å². The highest BCUT2D eigenvalue weighted by atomic mass is 35.5. The summed E-state index contributed by atoms with van der Waals surface area (Å²) in [4.78, 5) is 26.7. The van der Waals surface area contributed by atoms with Crippen molar-refractivity contribution < 1.29 is 19.1 Å². The van der Waals surface area contributed by atoms with Crippen LogP contribution in [0, 0.1) is 5.92 Å². The van der Waals surface area contributed by atoms with E-state index in [1.165, 1.54) is 7.11 Å². The Balaban J connectivity index is 1.77. The van der Waals surface area contributed by atoms with Crippen molar-refractivity contribution in [2.75, 3.05) is 31.0 Å². The van der Waals surface area contributed by atoms with Crippen molar-refractivity contribution in [3.05, 3.63) is 46.4 Å². The summed E-state index contributed by atoms with van der Waals surface area (Å²) in [5, 5.41) is 3.53. The predicted octanol–water partition coefficient (Wildman–Crippen LogP) is 4.00. The van der Waals surface area contributed by atoms with Crippen LogP contribution in [0.15, 0.2) is 36.4 Å². The molecular formula is C19H18Cl2N2O4. The van der Waals surface area contributed by atoms with Crippen molar-refractivity contribution in [1.29, 1.82) is 0 Å². The van der Waals surface area contributed by atoms with E-state index in [9.17, 15) is 9.59 Å². The van der Waals surface area contributed by atoms with Crippen LogP contribution in [0.4, 0.5) is 11.4 Å². The molecular weight excluding hydrogens is 391 g/mol. The van der Waals surface area contributed by atoms with Crippen LogP contribution in [0.3, 0.4) is 0 Å². The number of anilines is 2. The number of halogens is 2. The maximum Gasteiger partial charge on any atom is 0.229 e. The Morgan fingerprint density at radius 1 is 1.11 bits per heavy atom. The summed E-state index contributed by atoms with van der Waals surface area (Å²) in [6.07, 6.45) is 0.105. The number of carbonyl (C=O) groups excluding carboxylic acids is 2. The van der Waals surface area contributed by atoms with Gasteiger partial charge in [-0.05, 0) is 30.3 Å². The molecule has 2 amide bonds. The molecule has 1 saturated heterocycles. The first-order chi connectivity index (χ1) is 12.9. The van der Waals surface area contributed by atoms with Crippen LogP contribution in [-0.2, 0) is 9.59 Å². The van der Waals surface area contributed by atoms with E-state index < -0.39 is 5.92 Å².